The van der Waals surface area contributed by atoms with Crippen LogP contribution in [0.25, 0.3) is 0 Å². The molecule has 2 aliphatic heterocycles. The maximum absolute atomic E-state index is 11.1. The highest BCUT2D eigenvalue weighted by molar-refractivity contribution is 5.83. The predicted octanol–water partition coefficient (Wildman–Crippen LogP) is -1.16. The molecule has 5 nitrogen and oxygen atoms in total. The number of nitrogens with two attached hydrogens (primary N) is 1. The van der Waals surface area contributed by atoms with E-state index in [0.717, 1.165) is 19.4 Å². The van der Waals surface area contributed by atoms with Crippen LogP contribution in [0.3, 0.4) is 0 Å². The summed E-state index contributed by atoms with van der Waals surface area (Å²) in [5.41, 5.74) is 6.39. The first-order valence-electron chi connectivity index (χ1n) is 4.06. The van der Waals surface area contributed by atoms with E-state index in [1.165, 1.54) is 5.70 Å². The van der Waals surface area contributed by atoms with Gasteiger partial charge in [0.05, 0.1) is 0 Å². The zero-order valence-electron chi connectivity index (χ0n) is 6.71. The second-order valence-corrected chi connectivity index (χ2v) is 3.03. The molecule has 1 saturated heterocycles. The SMILES string of the molecule is NNC(=O)C1C=C2CCCN2N1. The minimum Gasteiger partial charge on any atom is -0.312 e. The molecule has 1 unspecified atom stereocenters. The van der Waals surface area contributed by atoms with Crippen molar-refractivity contribution in [2.24, 2.45) is 5.84 Å². The maximum atomic E-state index is 11.1. The van der Waals surface area contributed by atoms with Gasteiger partial charge in [0.2, 0.25) is 0 Å². The highest BCUT2D eigenvalue weighted by Crippen LogP contribution is 2.23. The van der Waals surface area contributed by atoms with Crippen LogP contribution in [-0.4, -0.2) is 23.5 Å². The zero-order chi connectivity index (χ0) is 8.55. The van der Waals surface area contributed by atoms with Gasteiger partial charge in [-0.05, 0) is 18.9 Å². The molecule has 0 radical (unpaired) electrons. The molecule has 2 aliphatic rings. The Labute approximate surface area is 70.5 Å². The summed E-state index contributed by atoms with van der Waals surface area (Å²) in [6.45, 7) is 0.986. The third-order valence-corrected chi connectivity index (χ3v) is 2.24. The van der Waals surface area contributed by atoms with Gasteiger partial charge in [0.1, 0.15) is 6.04 Å². The number of allylic oxidation sites excluding steroid dienone is 1. The topological polar surface area (TPSA) is 70.4 Å². The van der Waals surface area contributed by atoms with E-state index in [4.69, 9.17) is 5.84 Å². The van der Waals surface area contributed by atoms with E-state index < -0.39 is 0 Å². The van der Waals surface area contributed by atoms with Crippen molar-refractivity contribution in [3.05, 3.63) is 11.8 Å². The molecule has 0 aromatic rings. The quantitative estimate of drug-likeness (QED) is 0.262. The molecule has 4 N–H and O–H groups in total. The van der Waals surface area contributed by atoms with Crippen molar-refractivity contribution in [3.8, 4) is 0 Å². The molecule has 0 bridgehead atoms. The van der Waals surface area contributed by atoms with E-state index in [1.54, 1.807) is 0 Å². The van der Waals surface area contributed by atoms with Gasteiger partial charge in [0.25, 0.3) is 5.91 Å². The molecule has 66 valence electrons. The zero-order valence-corrected chi connectivity index (χ0v) is 6.71. The molecule has 2 heterocycles. The lowest BCUT2D eigenvalue weighted by Gasteiger charge is -2.16. The Morgan fingerprint density at radius 1 is 1.83 bits per heavy atom. The fraction of sp³-hybridized carbons (Fsp3) is 0.571. The van der Waals surface area contributed by atoms with Gasteiger partial charge in [0, 0.05) is 12.2 Å². The summed E-state index contributed by atoms with van der Waals surface area (Å²) < 4.78 is 0. The average Bonchev–Trinajstić information content (AvgIpc) is 2.60. The number of hydrogen-bond donors (Lipinski definition) is 3. The van der Waals surface area contributed by atoms with Crippen LogP contribution in [-0.2, 0) is 4.79 Å². The van der Waals surface area contributed by atoms with Crippen LogP contribution < -0.4 is 16.7 Å². The van der Waals surface area contributed by atoms with E-state index in [1.807, 2.05) is 11.1 Å². The summed E-state index contributed by atoms with van der Waals surface area (Å²) in [7, 11) is 0. The first-order valence-corrected chi connectivity index (χ1v) is 4.06. The number of fused-ring (bicyclic) bond motifs is 1. The van der Waals surface area contributed by atoms with Gasteiger partial charge in [-0.15, -0.1) is 0 Å². The molecule has 0 aliphatic carbocycles. The first-order chi connectivity index (χ1) is 5.81. The minimum absolute atomic E-state index is 0.183. The molecule has 0 spiro atoms. The highest BCUT2D eigenvalue weighted by Gasteiger charge is 2.29. The molecule has 1 fully saturated rings. The van der Waals surface area contributed by atoms with Crippen molar-refractivity contribution in [3.63, 3.8) is 0 Å². The Bertz CT molecular complexity index is 238. The molecule has 12 heavy (non-hydrogen) atoms. The highest BCUT2D eigenvalue weighted by atomic mass is 16.2. The summed E-state index contributed by atoms with van der Waals surface area (Å²) in [6.07, 6.45) is 4.15. The lowest BCUT2D eigenvalue weighted by molar-refractivity contribution is -0.122. The number of nitrogens with zero attached hydrogens (tertiary/aromatic N) is 1. The monoisotopic (exact) mass is 168 g/mol. The van der Waals surface area contributed by atoms with E-state index in [-0.39, 0.29) is 11.9 Å². The molecule has 0 aromatic heterocycles. The summed E-state index contributed by atoms with van der Waals surface area (Å²) >= 11 is 0. The Kier molecular flexibility index (Phi) is 1.74. The van der Waals surface area contributed by atoms with Gasteiger partial charge in [-0.25, -0.2) is 11.3 Å². The van der Waals surface area contributed by atoms with Crippen molar-refractivity contribution in [1.82, 2.24) is 15.9 Å². The molecular formula is C7H12N4O. The van der Waals surface area contributed by atoms with Crippen molar-refractivity contribution >= 4 is 5.91 Å². The van der Waals surface area contributed by atoms with Crippen LogP contribution in [0, 0.1) is 0 Å². The molecule has 2 rings (SSSR count). The van der Waals surface area contributed by atoms with Gasteiger partial charge >= 0.3 is 0 Å². The lowest BCUT2D eigenvalue weighted by atomic mass is 10.2. The standard InChI is InChI=1S/C7H12N4O/c8-9-7(12)6-4-5-2-1-3-11(5)10-6/h4,6,10H,1-3,8H2,(H,9,12). The fourth-order valence-electron chi connectivity index (χ4n) is 1.64. The van der Waals surface area contributed by atoms with Crippen molar-refractivity contribution in [2.45, 2.75) is 18.9 Å². The molecule has 0 aromatic carbocycles. The van der Waals surface area contributed by atoms with Gasteiger partial charge in [-0.3, -0.25) is 10.2 Å². The Morgan fingerprint density at radius 3 is 3.33 bits per heavy atom. The van der Waals surface area contributed by atoms with Crippen LogP contribution in [0.2, 0.25) is 0 Å². The van der Waals surface area contributed by atoms with Gasteiger partial charge in [-0.1, -0.05) is 0 Å². The summed E-state index contributed by atoms with van der Waals surface area (Å²) in [5, 5.41) is 2.01. The van der Waals surface area contributed by atoms with Crippen molar-refractivity contribution in [1.29, 1.82) is 0 Å². The van der Waals surface area contributed by atoms with Crippen LogP contribution in [0.1, 0.15) is 12.8 Å². The number of rotatable bonds is 1. The van der Waals surface area contributed by atoms with Crippen molar-refractivity contribution in [2.75, 3.05) is 6.54 Å². The lowest BCUT2D eigenvalue weighted by Crippen LogP contribution is -2.47. The summed E-state index contributed by atoms with van der Waals surface area (Å²) in [5.74, 6) is 4.83. The molecule has 5 heteroatoms. The predicted molar refractivity (Wildman–Crippen MR) is 43.3 cm³/mol. The molecular weight excluding hydrogens is 156 g/mol. The van der Waals surface area contributed by atoms with Crippen LogP contribution in [0.15, 0.2) is 11.8 Å². The van der Waals surface area contributed by atoms with Crippen LogP contribution in [0.4, 0.5) is 0 Å². The molecule has 1 amide bonds. The smallest absolute Gasteiger partial charge is 0.256 e. The number of hydrazine groups is 2. The molecule has 0 saturated carbocycles. The second-order valence-electron chi connectivity index (χ2n) is 3.03. The third kappa shape index (κ3) is 1.07. The summed E-state index contributed by atoms with van der Waals surface area (Å²) in [6, 6.07) is -0.273. The van der Waals surface area contributed by atoms with Gasteiger partial charge in [0.15, 0.2) is 0 Å². The van der Waals surface area contributed by atoms with Gasteiger partial charge < -0.3 is 5.01 Å². The van der Waals surface area contributed by atoms with E-state index in [2.05, 4.69) is 10.9 Å². The average molecular weight is 168 g/mol. The number of carbonyl (C=O) groups is 1. The first kappa shape index (κ1) is 7.57. The number of nitrogens with one attached hydrogen (secondary N) is 2. The minimum atomic E-state index is -0.273. The normalized spacial score (nSPS) is 26.9. The van der Waals surface area contributed by atoms with E-state index >= 15 is 0 Å². The van der Waals surface area contributed by atoms with E-state index in [0.29, 0.717) is 0 Å². The van der Waals surface area contributed by atoms with Gasteiger partial charge in [-0.2, -0.15) is 0 Å². The second kappa shape index (κ2) is 2.76. The van der Waals surface area contributed by atoms with E-state index in [9.17, 15) is 4.79 Å². The van der Waals surface area contributed by atoms with Crippen LogP contribution in [0.5, 0.6) is 0 Å². The third-order valence-electron chi connectivity index (χ3n) is 2.24. The number of carbonyl (C=O) groups excluding carboxylic acids is 1. The van der Waals surface area contributed by atoms with Crippen LogP contribution >= 0.6 is 0 Å². The largest absolute Gasteiger partial charge is 0.312 e. The molecule has 1 atom stereocenters. The number of amides is 1. The Hall–Kier alpha value is -1.07. The fourth-order valence-corrected chi connectivity index (χ4v) is 1.64. The Morgan fingerprint density at radius 2 is 2.67 bits per heavy atom. The summed E-state index contributed by atoms with van der Waals surface area (Å²) in [4.78, 5) is 11.1. The number of hydrogen-bond acceptors (Lipinski definition) is 4. The Balaban J connectivity index is 2.06. The maximum Gasteiger partial charge on any atom is 0.256 e. The van der Waals surface area contributed by atoms with Crippen molar-refractivity contribution < 1.29 is 4.79 Å².